The van der Waals surface area contributed by atoms with Gasteiger partial charge in [-0.15, -0.1) is 0 Å². The van der Waals surface area contributed by atoms with E-state index in [2.05, 4.69) is 0 Å². The number of aromatic carboxylic acids is 2. The maximum absolute atomic E-state index is 11.2. The molecule has 24 heavy (non-hydrogen) atoms. The number of rotatable bonds is 9. The third kappa shape index (κ3) is 5.08. The van der Waals surface area contributed by atoms with Gasteiger partial charge in [0.2, 0.25) is 5.78 Å². The van der Waals surface area contributed by atoms with Crippen molar-refractivity contribution < 1.29 is 34.1 Å². The molecule has 0 heterocycles. The van der Waals surface area contributed by atoms with Gasteiger partial charge in [-0.1, -0.05) is 6.92 Å². The molecule has 0 spiro atoms. The summed E-state index contributed by atoms with van der Waals surface area (Å²) in [5.41, 5.74) is -0.0631. The normalized spacial score (nSPS) is 10.1. The first-order valence-corrected chi connectivity index (χ1v) is 7.29. The molecule has 0 unspecified atom stereocenters. The summed E-state index contributed by atoms with van der Waals surface area (Å²) in [6, 6.07) is 4.01. The summed E-state index contributed by atoms with van der Waals surface area (Å²) in [6.07, 6.45) is 0.523. The lowest BCUT2D eigenvalue weighted by atomic mass is 10.1. The van der Waals surface area contributed by atoms with Gasteiger partial charge in [0.15, 0.2) is 0 Å². The summed E-state index contributed by atoms with van der Waals surface area (Å²) in [5.74, 6) is -4.08. The van der Waals surface area contributed by atoms with E-state index in [1.54, 1.807) is 18.9 Å². The van der Waals surface area contributed by atoms with Crippen molar-refractivity contribution in [3.8, 4) is 0 Å². The summed E-state index contributed by atoms with van der Waals surface area (Å²) in [6.45, 7) is 2.06. The molecule has 0 atom stereocenters. The number of Topliss-reactive ketones (excluding diaryl/α,β-unsaturated/α-hetero) is 1. The minimum absolute atomic E-state index is 0.0634. The number of esters is 1. The number of ketones is 1. The molecule has 8 nitrogen and oxygen atoms in total. The Morgan fingerprint density at radius 2 is 1.71 bits per heavy atom. The SMILES string of the molecule is CCC(=O)C(=O)OCCCN(C)c1ccc(C(=O)O)c(C(=O)O)c1. The summed E-state index contributed by atoms with van der Waals surface area (Å²) in [5, 5.41) is 18.1. The Balaban J connectivity index is 2.65. The van der Waals surface area contributed by atoms with E-state index in [0.717, 1.165) is 0 Å². The zero-order chi connectivity index (χ0) is 18.3. The van der Waals surface area contributed by atoms with Crippen LogP contribution in [0.4, 0.5) is 5.69 Å². The van der Waals surface area contributed by atoms with Crippen LogP contribution in [0.3, 0.4) is 0 Å². The second-order valence-electron chi connectivity index (χ2n) is 5.03. The molecule has 0 aromatic heterocycles. The zero-order valence-electron chi connectivity index (χ0n) is 13.4. The Labute approximate surface area is 138 Å². The first kappa shape index (κ1) is 19.1. The molecule has 0 saturated heterocycles. The topological polar surface area (TPSA) is 121 Å². The zero-order valence-corrected chi connectivity index (χ0v) is 13.4. The lowest BCUT2D eigenvalue weighted by Gasteiger charge is -2.20. The van der Waals surface area contributed by atoms with Crippen LogP contribution in [0.2, 0.25) is 0 Å². The van der Waals surface area contributed by atoms with E-state index in [1.165, 1.54) is 18.2 Å². The van der Waals surface area contributed by atoms with Gasteiger partial charge in [0.05, 0.1) is 17.7 Å². The number of hydrogen-bond donors (Lipinski definition) is 2. The van der Waals surface area contributed by atoms with Crippen molar-refractivity contribution in [3.63, 3.8) is 0 Å². The Kier molecular flexibility index (Phi) is 6.91. The largest absolute Gasteiger partial charge is 0.478 e. The molecule has 1 aromatic carbocycles. The van der Waals surface area contributed by atoms with E-state index < -0.39 is 23.7 Å². The van der Waals surface area contributed by atoms with Crippen LogP contribution in [0.1, 0.15) is 40.5 Å². The van der Waals surface area contributed by atoms with Gasteiger partial charge in [-0.05, 0) is 24.6 Å². The van der Waals surface area contributed by atoms with E-state index in [1.807, 2.05) is 0 Å². The van der Waals surface area contributed by atoms with Crippen molar-refractivity contribution >= 4 is 29.4 Å². The number of ether oxygens (including phenoxy) is 1. The maximum Gasteiger partial charge on any atom is 0.374 e. The lowest BCUT2D eigenvalue weighted by molar-refractivity contribution is -0.153. The highest BCUT2D eigenvalue weighted by Crippen LogP contribution is 2.19. The van der Waals surface area contributed by atoms with Crippen LogP contribution in [0, 0.1) is 0 Å². The minimum atomic E-state index is -1.32. The van der Waals surface area contributed by atoms with Crippen LogP contribution in [0.15, 0.2) is 18.2 Å². The van der Waals surface area contributed by atoms with Gasteiger partial charge < -0.3 is 19.8 Å². The van der Waals surface area contributed by atoms with Gasteiger partial charge in [-0.3, -0.25) is 4.79 Å². The van der Waals surface area contributed by atoms with Crippen molar-refractivity contribution in [2.24, 2.45) is 0 Å². The highest BCUT2D eigenvalue weighted by Gasteiger charge is 2.17. The Morgan fingerprint density at radius 1 is 1.08 bits per heavy atom. The van der Waals surface area contributed by atoms with E-state index in [-0.39, 0.29) is 24.2 Å². The molecule has 0 aliphatic rings. The third-order valence-electron chi connectivity index (χ3n) is 3.32. The molecule has 0 amide bonds. The van der Waals surface area contributed by atoms with Crippen LogP contribution in [-0.2, 0) is 14.3 Å². The van der Waals surface area contributed by atoms with Gasteiger partial charge >= 0.3 is 17.9 Å². The second kappa shape index (κ2) is 8.66. The molecule has 1 aromatic rings. The fourth-order valence-electron chi connectivity index (χ4n) is 1.95. The standard InChI is InChI=1S/C16H19NO7/c1-3-13(18)16(23)24-8-4-7-17(2)10-5-6-11(14(19)20)12(9-10)15(21)22/h5-6,9H,3-4,7-8H2,1-2H3,(H,19,20)(H,21,22). The summed E-state index contributed by atoms with van der Waals surface area (Å²) >= 11 is 0. The minimum Gasteiger partial charge on any atom is -0.478 e. The fraction of sp³-hybridized carbons (Fsp3) is 0.375. The molecule has 0 radical (unpaired) electrons. The first-order valence-electron chi connectivity index (χ1n) is 7.29. The lowest BCUT2D eigenvalue weighted by Crippen LogP contribution is -2.23. The van der Waals surface area contributed by atoms with Crippen LogP contribution in [0.25, 0.3) is 0 Å². The number of anilines is 1. The third-order valence-corrected chi connectivity index (χ3v) is 3.32. The predicted octanol–water partition coefficient (Wildman–Crippen LogP) is 1.43. The van der Waals surface area contributed by atoms with Crippen molar-refractivity contribution in [1.82, 2.24) is 0 Å². The number of carboxylic acid groups (broad SMARTS) is 2. The Bertz CT molecular complexity index is 654. The molecule has 0 aliphatic carbocycles. The van der Waals surface area contributed by atoms with E-state index in [4.69, 9.17) is 14.9 Å². The molecule has 130 valence electrons. The summed E-state index contributed by atoms with van der Waals surface area (Å²) in [7, 11) is 1.69. The number of carbonyl (C=O) groups is 4. The highest BCUT2D eigenvalue weighted by atomic mass is 16.5. The highest BCUT2D eigenvalue weighted by molar-refractivity contribution is 6.33. The molecule has 1 rings (SSSR count). The number of benzene rings is 1. The van der Waals surface area contributed by atoms with Crippen molar-refractivity contribution in [1.29, 1.82) is 0 Å². The Hall–Kier alpha value is -2.90. The van der Waals surface area contributed by atoms with Crippen molar-refractivity contribution in [3.05, 3.63) is 29.3 Å². The first-order chi connectivity index (χ1) is 11.3. The molecule has 0 fully saturated rings. The molecular weight excluding hydrogens is 318 g/mol. The van der Waals surface area contributed by atoms with Crippen molar-refractivity contribution in [2.75, 3.05) is 25.1 Å². The van der Waals surface area contributed by atoms with Gasteiger partial charge in [0.25, 0.3) is 0 Å². The average molecular weight is 337 g/mol. The van der Waals surface area contributed by atoms with Crippen LogP contribution in [-0.4, -0.2) is 54.1 Å². The predicted molar refractivity (Wildman–Crippen MR) is 84.5 cm³/mol. The van der Waals surface area contributed by atoms with E-state index >= 15 is 0 Å². The van der Waals surface area contributed by atoms with Gasteiger partial charge in [-0.2, -0.15) is 0 Å². The Morgan fingerprint density at radius 3 is 2.25 bits per heavy atom. The number of hydrogen-bond acceptors (Lipinski definition) is 6. The number of nitrogens with zero attached hydrogens (tertiary/aromatic N) is 1. The molecule has 2 N–H and O–H groups in total. The van der Waals surface area contributed by atoms with Crippen LogP contribution < -0.4 is 4.90 Å². The molecule has 0 saturated carbocycles. The van der Waals surface area contributed by atoms with Crippen LogP contribution >= 0.6 is 0 Å². The smallest absolute Gasteiger partial charge is 0.374 e. The number of carbonyl (C=O) groups excluding carboxylic acids is 2. The van der Waals surface area contributed by atoms with Gasteiger partial charge in [0, 0.05) is 25.7 Å². The summed E-state index contributed by atoms with van der Waals surface area (Å²) < 4.78 is 4.81. The van der Waals surface area contributed by atoms with E-state index in [0.29, 0.717) is 18.7 Å². The van der Waals surface area contributed by atoms with Crippen LogP contribution in [0.5, 0.6) is 0 Å². The fourth-order valence-corrected chi connectivity index (χ4v) is 1.95. The van der Waals surface area contributed by atoms with Crippen molar-refractivity contribution in [2.45, 2.75) is 19.8 Å². The van der Waals surface area contributed by atoms with E-state index in [9.17, 15) is 19.2 Å². The second-order valence-corrected chi connectivity index (χ2v) is 5.03. The molecular formula is C16H19NO7. The number of carboxylic acids is 2. The quantitative estimate of drug-likeness (QED) is 0.394. The summed E-state index contributed by atoms with van der Waals surface area (Å²) in [4.78, 5) is 46.1. The molecule has 8 heteroatoms. The average Bonchev–Trinajstić information content (AvgIpc) is 2.56. The molecule has 0 aliphatic heterocycles. The van der Waals surface area contributed by atoms with Gasteiger partial charge in [-0.25, -0.2) is 14.4 Å². The maximum atomic E-state index is 11.2. The monoisotopic (exact) mass is 337 g/mol. The van der Waals surface area contributed by atoms with Gasteiger partial charge in [0.1, 0.15) is 0 Å². The molecule has 0 bridgehead atoms.